The summed E-state index contributed by atoms with van der Waals surface area (Å²) in [6.07, 6.45) is -1.34. The third-order valence-electron chi connectivity index (χ3n) is 3.88. The lowest BCUT2D eigenvalue weighted by Crippen LogP contribution is -2.27. The first-order chi connectivity index (χ1) is 13.7. The summed E-state index contributed by atoms with van der Waals surface area (Å²) < 4.78 is 61.8. The predicted molar refractivity (Wildman–Crippen MR) is 94.6 cm³/mol. The van der Waals surface area contributed by atoms with Crippen molar-refractivity contribution in [3.05, 3.63) is 47.9 Å². The highest BCUT2D eigenvalue weighted by Crippen LogP contribution is 2.19. The number of nitrogens with one attached hydrogen (secondary N) is 2. The van der Waals surface area contributed by atoms with Crippen molar-refractivity contribution in [2.75, 3.05) is 13.2 Å². The largest absolute Gasteiger partial charge is 0.488 e. The predicted octanol–water partition coefficient (Wildman–Crippen LogP) is 1.45. The fourth-order valence-corrected chi connectivity index (χ4v) is 3.61. The van der Waals surface area contributed by atoms with E-state index in [2.05, 4.69) is 10.0 Å². The lowest BCUT2D eigenvalue weighted by atomic mass is 10.3. The Balaban J connectivity index is 1.59. The SMILES string of the molecule is O=C1CN(Cc2cc(CNS(=O)(=O)c3cccc(OCC(F)F)c3)co2)C(=O)N1. The molecule has 3 amide bonds. The monoisotopic (exact) mass is 429 g/mol. The Bertz CT molecular complexity index is 1010. The number of benzene rings is 1. The molecule has 12 heteroatoms. The van der Waals surface area contributed by atoms with Crippen molar-refractivity contribution in [2.24, 2.45) is 0 Å². The van der Waals surface area contributed by atoms with Gasteiger partial charge < -0.3 is 14.1 Å². The van der Waals surface area contributed by atoms with Gasteiger partial charge in [-0.15, -0.1) is 0 Å². The highest BCUT2D eigenvalue weighted by Gasteiger charge is 2.27. The zero-order valence-corrected chi connectivity index (χ0v) is 15.7. The van der Waals surface area contributed by atoms with Gasteiger partial charge in [0.2, 0.25) is 15.9 Å². The minimum atomic E-state index is -3.93. The highest BCUT2D eigenvalue weighted by molar-refractivity contribution is 7.89. The van der Waals surface area contributed by atoms with E-state index in [0.29, 0.717) is 11.3 Å². The number of carbonyl (C=O) groups excluding carboxylic acids is 2. The van der Waals surface area contributed by atoms with E-state index in [1.807, 2.05) is 0 Å². The number of halogens is 2. The molecule has 0 spiro atoms. The highest BCUT2D eigenvalue weighted by atomic mass is 32.2. The molecule has 1 saturated heterocycles. The number of alkyl halides is 2. The molecule has 0 unspecified atom stereocenters. The van der Waals surface area contributed by atoms with Crippen LogP contribution in [0.5, 0.6) is 5.75 Å². The van der Waals surface area contributed by atoms with E-state index in [4.69, 9.17) is 9.15 Å². The van der Waals surface area contributed by atoms with Crippen LogP contribution >= 0.6 is 0 Å². The summed E-state index contributed by atoms with van der Waals surface area (Å²) in [6.45, 7) is -0.951. The number of carbonyl (C=O) groups is 2. The van der Waals surface area contributed by atoms with Gasteiger partial charge in [0.05, 0.1) is 17.7 Å². The van der Waals surface area contributed by atoms with Crippen LogP contribution in [-0.2, 0) is 27.9 Å². The minimum Gasteiger partial charge on any atom is -0.488 e. The number of nitrogens with zero attached hydrogens (tertiary/aromatic N) is 1. The first-order valence-corrected chi connectivity index (χ1v) is 9.87. The van der Waals surface area contributed by atoms with Gasteiger partial charge in [0.1, 0.15) is 24.7 Å². The Morgan fingerprint density at radius 3 is 2.76 bits per heavy atom. The van der Waals surface area contributed by atoms with Crippen molar-refractivity contribution in [1.29, 1.82) is 0 Å². The zero-order chi connectivity index (χ0) is 21.0. The molecule has 0 atom stereocenters. The standard InChI is InChI=1S/C17H17F2N3O6S/c18-15(19)10-28-12-2-1-3-14(5-12)29(25,26)20-6-11-4-13(27-9-11)7-22-8-16(23)21-17(22)24/h1-5,9,15,20H,6-8,10H2,(H,21,23,24). The summed E-state index contributed by atoms with van der Waals surface area (Å²) in [5, 5.41) is 2.14. The Labute approximate surface area is 164 Å². The van der Waals surface area contributed by atoms with Crippen LogP contribution in [0, 0.1) is 0 Å². The lowest BCUT2D eigenvalue weighted by molar-refractivity contribution is -0.118. The molecule has 0 radical (unpaired) electrons. The summed E-state index contributed by atoms with van der Waals surface area (Å²) in [5.41, 5.74) is 0.500. The van der Waals surface area contributed by atoms with Crippen molar-refractivity contribution in [3.8, 4) is 5.75 Å². The average Bonchev–Trinajstić information content (AvgIpc) is 3.24. The normalized spacial score (nSPS) is 14.5. The quantitative estimate of drug-likeness (QED) is 0.583. The van der Waals surface area contributed by atoms with Gasteiger partial charge in [-0.3, -0.25) is 10.1 Å². The van der Waals surface area contributed by atoms with Crippen LogP contribution < -0.4 is 14.8 Å². The van der Waals surface area contributed by atoms with Crippen molar-refractivity contribution < 1.29 is 35.9 Å². The molecule has 3 rings (SSSR count). The van der Waals surface area contributed by atoms with E-state index in [1.165, 1.54) is 29.4 Å². The summed E-state index contributed by atoms with van der Waals surface area (Å²) in [7, 11) is -3.93. The van der Waals surface area contributed by atoms with E-state index < -0.39 is 35.0 Å². The number of hydrogen-bond donors (Lipinski definition) is 2. The molecule has 1 aromatic carbocycles. The van der Waals surface area contributed by atoms with Gasteiger partial charge >= 0.3 is 6.03 Å². The van der Waals surface area contributed by atoms with Gasteiger partial charge in [0, 0.05) is 18.2 Å². The Morgan fingerprint density at radius 1 is 1.28 bits per heavy atom. The summed E-state index contributed by atoms with van der Waals surface area (Å²) in [6, 6.07) is 6.25. The molecular weight excluding hydrogens is 412 g/mol. The molecule has 2 aromatic rings. The number of imide groups is 1. The fourth-order valence-electron chi connectivity index (χ4n) is 2.55. The van der Waals surface area contributed by atoms with Crippen molar-refractivity contribution in [1.82, 2.24) is 14.9 Å². The van der Waals surface area contributed by atoms with Crippen LogP contribution in [0.15, 0.2) is 45.9 Å². The van der Waals surface area contributed by atoms with Crippen LogP contribution in [0.25, 0.3) is 0 Å². The molecule has 0 aliphatic carbocycles. The zero-order valence-electron chi connectivity index (χ0n) is 14.9. The van der Waals surface area contributed by atoms with Gasteiger partial charge in [-0.05, 0) is 18.2 Å². The second-order valence-corrected chi connectivity index (χ2v) is 7.90. The average molecular weight is 429 g/mol. The molecule has 2 heterocycles. The maximum Gasteiger partial charge on any atom is 0.324 e. The molecule has 1 fully saturated rings. The Hall–Kier alpha value is -2.99. The van der Waals surface area contributed by atoms with Crippen LogP contribution in [0.4, 0.5) is 13.6 Å². The number of sulfonamides is 1. The Morgan fingerprint density at radius 2 is 2.07 bits per heavy atom. The first kappa shape index (κ1) is 20.7. The molecule has 1 aliphatic rings. The van der Waals surface area contributed by atoms with Gasteiger partial charge in [-0.1, -0.05) is 6.07 Å². The number of furan rings is 1. The number of rotatable bonds is 9. The van der Waals surface area contributed by atoms with Gasteiger partial charge in [-0.25, -0.2) is 26.7 Å². The summed E-state index contributed by atoms with van der Waals surface area (Å²) >= 11 is 0. The number of hydrogen-bond acceptors (Lipinski definition) is 6. The molecule has 2 N–H and O–H groups in total. The maximum atomic E-state index is 12.4. The van der Waals surface area contributed by atoms with E-state index in [-0.39, 0.29) is 30.3 Å². The van der Waals surface area contributed by atoms with Crippen molar-refractivity contribution in [2.45, 2.75) is 24.4 Å². The number of ether oxygens (including phenoxy) is 1. The molecule has 156 valence electrons. The van der Waals surface area contributed by atoms with E-state index in [0.717, 1.165) is 6.07 Å². The third kappa shape index (κ3) is 5.51. The maximum absolute atomic E-state index is 12.4. The van der Waals surface area contributed by atoms with Gasteiger partial charge in [0.15, 0.2) is 0 Å². The summed E-state index contributed by atoms with van der Waals surface area (Å²) in [5.74, 6) is -0.0158. The van der Waals surface area contributed by atoms with Gasteiger partial charge in [-0.2, -0.15) is 0 Å². The van der Waals surface area contributed by atoms with Crippen LogP contribution in [0.1, 0.15) is 11.3 Å². The van der Waals surface area contributed by atoms with Gasteiger partial charge in [0.25, 0.3) is 6.43 Å². The fraction of sp³-hybridized carbons (Fsp3) is 0.294. The van der Waals surface area contributed by atoms with Crippen molar-refractivity contribution >= 4 is 22.0 Å². The molecule has 1 aromatic heterocycles. The van der Waals surface area contributed by atoms with Crippen molar-refractivity contribution in [3.63, 3.8) is 0 Å². The minimum absolute atomic E-state index is 0.0113. The number of amides is 3. The summed E-state index contributed by atoms with van der Waals surface area (Å²) in [4.78, 5) is 23.8. The van der Waals surface area contributed by atoms with E-state index in [9.17, 15) is 26.8 Å². The smallest absolute Gasteiger partial charge is 0.324 e. The molecule has 0 bridgehead atoms. The van der Waals surface area contributed by atoms with E-state index >= 15 is 0 Å². The molecular formula is C17H17F2N3O6S. The van der Waals surface area contributed by atoms with Crippen LogP contribution in [-0.4, -0.2) is 44.8 Å². The second-order valence-electron chi connectivity index (χ2n) is 6.13. The first-order valence-electron chi connectivity index (χ1n) is 8.38. The van der Waals surface area contributed by atoms with Crippen LogP contribution in [0.2, 0.25) is 0 Å². The Kier molecular flexibility index (Phi) is 6.13. The van der Waals surface area contributed by atoms with E-state index in [1.54, 1.807) is 6.07 Å². The van der Waals surface area contributed by atoms with Crippen LogP contribution in [0.3, 0.4) is 0 Å². The lowest BCUT2D eigenvalue weighted by Gasteiger charge is -2.10. The number of urea groups is 1. The molecule has 0 saturated carbocycles. The molecule has 9 nitrogen and oxygen atoms in total. The second kappa shape index (κ2) is 8.57. The molecule has 1 aliphatic heterocycles. The third-order valence-corrected chi connectivity index (χ3v) is 5.28. The topological polar surface area (TPSA) is 118 Å². The molecule has 29 heavy (non-hydrogen) atoms.